The van der Waals surface area contributed by atoms with Crippen LogP contribution < -0.4 is 10.1 Å². The Morgan fingerprint density at radius 2 is 1.91 bits per heavy atom. The summed E-state index contributed by atoms with van der Waals surface area (Å²) < 4.78 is 5.13. The number of carboxylic acids is 1. The van der Waals surface area contributed by atoms with Crippen LogP contribution in [-0.2, 0) is 9.59 Å². The summed E-state index contributed by atoms with van der Waals surface area (Å²) in [4.78, 5) is 23.1. The molecule has 1 fully saturated rings. The molecule has 2 N–H and O–H groups in total. The minimum atomic E-state index is -1.03. The van der Waals surface area contributed by atoms with Crippen LogP contribution in [0.2, 0.25) is 0 Å². The lowest BCUT2D eigenvalue weighted by Crippen LogP contribution is -2.33. The highest BCUT2D eigenvalue weighted by molar-refractivity contribution is 5.95. The summed E-state index contributed by atoms with van der Waals surface area (Å²) in [5.74, 6) is -0.559. The molecular formula is C17H23NO4. The Hall–Kier alpha value is -2.04. The topological polar surface area (TPSA) is 75.6 Å². The van der Waals surface area contributed by atoms with E-state index >= 15 is 0 Å². The molecule has 0 unspecified atom stereocenters. The van der Waals surface area contributed by atoms with E-state index in [1.165, 1.54) is 12.8 Å². The van der Waals surface area contributed by atoms with Gasteiger partial charge in [0.15, 0.2) is 6.61 Å². The van der Waals surface area contributed by atoms with Crippen molar-refractivity contribution in [2.75, 3.05) is 11.9 Å². The van der Waals surface area contributed by atoms with E-state index in [4.69, 9.17) is 9.84 Å². The minimum Gasteiger partial charge on any atom is -0.482 e. The van der Waals surface area contributed by atoms with Crippen LogP contribution in [0.25, 0.3) is 0 Å². The van der Waals surface area contributed by atoms with Crippen LogP contribution in [0, 0.1) is 5.41 Å². The summed E-state index contributed by atoms with van der Waals surface area (Å²) in [7, 11) is 0. The van der Waals surface area contributed by atoms with Gasteiger partial charge in [0, 0.05) is 17.2 Å². The molecule has 0 atom stereocenters. The average Bonchev–Trinajstić information content (AvgIpc) is 2.71. The molecule has 0 radical (unpaired) electrons. The molecule has 0 aromatic heterocycles. The third-order valence-electron chi connectivity index (χ3n) is 4.21. The van der Waals surface area contributed by atoms with E-state index in [1.54, 1.807) is 24.3 Å². The maximum absolute atomic E-state index is 12.6. The minimum absolute atomic E-state index is 0.0322. The first-order valence-electron chi connectivity index (χ1n) is 7.76. The number of ether oxygens (including phenoxy) is 1. The number of rotatable bonds is 5. The van der Waals surface area contributed by atoms with Crippen molar-refractivity contribution >= 4 is 17.6 Å². The Kier molecular flexibility index (Phi) is 5.41. The predicted octanol–water partition coefficient (Wildman–Crippen LogP) is 3.45. The Bertz CT molecular complexity index is 533. The van der Waals surface area contributed by atoms with Crippen molar-refractivity contribution in [3.05, 3.63) is 24.3 Å². The summed E-state index contributed by atoms with van der Waals surface area (Å²) in [6.07, 6.45) is 6.39. The molecule has 120 valence electrons. The number of nitrogens with one attached hydrogen (secondary N) is 1. The molecule has 1 aliphatic rings. The van der Waals surface area contributed by atoms with E-state index in [1.807, 2.05) is 6.92 Å². The third kappa shape index (κ3) is 4.48. The molecule has 1 aliphatic carbocycles. The first-order chi connectivity index (χ1) is 10.5. The van der Waals surface area contributed by atoms with E-state index in [0.29, 0.717) is 11.4 Å². The van der Waals surface area contributed by atoms with Gasteiger partial charge in [0.1, 0.15) is 5.75 Å². The molecule has 1 saturated carbocycles. The van der Waals surface area contributed by atoms with Crippen molar-refractivity contribution in [1.82, 2.24) is 0 Å². The van der Waals surface area contributed by atoms with Crippen LogP contribution in [0.15, 0.2) is 24.3 Å². The molecule has 0 heterocycles. The molecule has 5 heteroatoms. The number of benzene rings is 1. The van der Waals surface area contributed by atoms with Gasteiger partial charge in [-0.3, -0.25) is 4.79 Å². The van der Waals surface area contributed by atoms with Gasteiger partial charge in [-0.2, -0.15) is 0 Å². The molecule has 0 aliphatic heterocycles. The third-order valence-corrected chi connectivity index (χ3v) is 4.21. The monoisotopic (exact) mass is 305 g/mol. The zero-order valence-corrected chi connectivity index (χ0v) is 12.9. The summed E-state index contributed by atoms with van der Waals surface area (Å²) in [6.45, 7) is 1.63. The number of hydrogen-bond acceptors (Lipinski definition) is 3. The summed E-state index contributed by atoms with van der Waals surface area (Å²) in [6, 6.07) is 6.85. The largest absolute Gasteiger partial charge is 0.482 e. The number of anilines is 1. The van der Waals surface area contributed by atoms with Gasteiger partial charge in [-0.1, -0.05) is 38.7 Å². The molecule has 0 bridgehead atoms. The molecule has 0 saturated heterocycles. The standard InChI is InChI=1S/C17H23NO4/c1-17(9-4-2-3-5-10-17)16(21)18-13-7-6-8-14(11-13)22-12-15(19)20/h6-8,11H,2-5,9-10,12H2,1H3,(H,18,21)(H,19,20). The van der Waals surface area contributed by atoms with Gasteiger partial charge < -0.3 is 15.2 Å². The Morgan fingerprint density at radius 3 is 2.55 bits per heavy atom. The number of hydrogen-bond donors (Lipinski definition) is 2. The normalized spacial score (nSPS) is 17.3. The van der Waals surface area contributed by atoms with Gasteiger partial charge in [-0.25, -0.2) is 4.79 Å². The van der Waals surface area contributed by atoms with E-state index in [0.717, 1.165) is 25.7 Å². The summed E-state index contributed by atoms with van der Waals surface area (Å²) >= 11 is 0. The van der Waals surface area contributed by atoms with Gasteiger partial charge in [0.25, 0.3) is 0 Å². The smallest absolute Gasteiger partial charge is 0.341 e. The van der Waals surface area contributed by atoms with Crippen LogP contribution in [0.1, 0.15) is 45.4 Å². The zero-order valence-electron chi connectivity index (χ0n) is 12.9. The lowest BCUT2D eigenvalue weighted by Gasteiger charge is -2.26. The first-order valence-corrected chi connectivity index (χ1v) is 7.76. The van der Waals surface area contributed by atoms with Crippen molar-refractivity contribution in [2.24, 2.45) is 5.41 Å². The van der Waals surface area contributed by atoms with E-state index in [2.05, 4.69) is 5.32 Å². The number of amides is 1. The Labute approximate surface area is 130 Å². The molecular weight excluding hydrogens is 282 g/mol. The van der Waals surface area contributed by atoms with Crippen molar-refractivity contribution < 1.29 is 19.4 Å². The highest BCUT2D eigenvalue weighted by atomic mass is 16.5. The van der Waals surface area contributed by atoms with Crippen molar-refractivity contribution in [3.8, 4) is 5.75 Å². The van der Waals surface area contributed by atoms with Crippen LogP contribution in [0.4, 0.5) is 5.69 Å². The van der Waals surface area contributed by atoms with E-state index in [-0.39, 0.29) is 11.3 Å². The van der Waals surface area contributed by atoms with Crippen molar-refractivity contribution in [2.45, 2.75) is 45.4 Å². The number of aliphatic carboxylic acids is 1. The molecule has 1 aromatic rings. The second-order valence-corrected chi connectivity index (χ2v) is 6.14. The molecule has 2 rings (SSSR count). The zero-order chi connectivity index (χ0) is 16.0. The molecule has 5 nitrogen and oxygen atoms in total. The lowest BCUT2D eigenvalue weighted by atomic mass is 9.81. The van der Waals surface area contributed by atoms with Gasteiger partial charge in [-0.15, -0.1) is 0 Å². The maximum atomic E-state index is 12.6. The van der Waals surface area contributed by atoms with E-state index in [9.17, 15) is 9.59 Å². The van der Waals surface area contributed by atoms with Gasteiger partial charge in [-0.05, 0) is 25.0 Å². The maximum Gasteiger partial charge on any atom is 0.341 e. The molecule has 22 heavy (non-hydrogen) atoms. The fourth-order valence-electron chi connectivity index (χ4n) is 2.83. The van der Waals surface area contributed by atoms with Crippen molar-refractivity contribution in [1.29, 1.82) is 0 Å². The number of carbonyl (C=O) groups excluding carboxylic acids is 1. The second-order valence-electron chi connectivity index (χ2n) is 6.14. The number of carboxylic acid groups (broad SMARTS) is 1. The van der Waals surface area contributed by atoms with Gasteiger partial charge >= 0.3 is 5.97 Å². The van der Waals surface area contributed by atoms with Crippen LogP contribution in [0.3, 0.4) is 0 Å². The fourth-order valence-corrected chi connectivity index (χ4v) is 2.83. The van der Waals surface area contributed by atoms with Crippen molar-refractivity contribution in [3.63, 3.8) is 0 Å². The second kappa shape index (κ2) is 7.29. The molecule has 1 aromatic carbocycles. The molecule has 1 amide bonds. The quantitative estimate of drug-likeness (QED) is 0.817. The Balaban J connectivity index is 2.01. The van der Waals surface area contributed by atoms with Gasteiger partial charge in [0.05, 0.1) is 0 Å². The van der Waals surface area contributed by atoms with Crippen LogP contribution in [-0.4, -0.2) is 23.6 Å². The lowest BCUT2D eigenvalue weighted by molar-refractivity contribution is -0.139. The highest BCUT2D eigenvalue weighted by Gasteiger charge is 2.33. The Morgan fingerprint density at radius 1 is 1.23 bits per heavy atom. The summed E-state index contributed by atoms with van der Waals surface area (Å²) in [5, 5.41) is 11.6. The highest BCUT2D eigenvalue weighted by Crippen LogP contribution is 2.35. The first kappa shape index (κ1) is 16.3. The average molecular weight is 305 g/mol. The van der Waals surface area contributed by atoms with Crippen LogP contribution >= 0.6 is 0 Å². The number of carbonyl (C=O) groups is 2. The van der Waals surface area contributed by atoms with E-state index < -0.39 is 12.6 Å². The van der Waals surface area contributed by atoms with Gasteiger partial charge in [0.2, 0.25) is 5.91 Å². The fraction of sp³-hybridized carbons (Fsp3) is 0.529. The SMILES string of the molecule is CC1(C(=O)Nc2cccc(OCC(=O)O)c2)CCCCCC1. The molecule has 0 spiro atoms. The summed E-state index contributed by atoms with van der Waals surface area (Å²) in [5.41, 5.74) is 0.312. The predicted molar refractivity (Wildman–Crippen MR) is 84.0 cm³/mol. The van der Waals surface area contributed by atoms with Crippen LogP contribution in [0.5, 0.6) is 5.75 Å².